The van der Waals surface area contributed by atoms with Gasteiger partial charge in [-0.05, 0) is 12.0 Å². The predicted molar refractivity (Wildman–Crippen MR) is 71.7 cm³/mol. The molecule has 0 spiro atoms. The number of carboxylic acids is 1. The number of hydrogen-bond acceptors (Lipinski definition) is 3. The molecular weight excluding hydrogens is 244 g/mol. The van der Waals surface area contributed by atoms with Gasteiger partial charge in [0.25, 0.3) is 0 Å². The van der Waals surface area contributed by atoms with Gasteiger partial charge in [0, 0.05) is 18.6 Å². The van der Waals surface area contributed by atoms with E-state index in [1.54, 1.807) is 0 Å². The van der Waals surface area contributed by atoms with Crippen molar-refractivity contribution in [1.82, 2.24) is 0 Å². The Labute approximate surface area is 112 Å². The summed E-state index contributed by atoms with van der Waals surface area (Å²) in [7, 11) is 0. The van der Waals surface area contributed by atoms with Crippen LogP contribution in [0.15, 0.2) is 42.5 Å². The van der Waals surface area contributed by atoms with E-state index in [-0.39, 0.29) is 6.10 Å². The Hall–Kier alpha value is -2.10. The maximum absolute atomic E-state index is 11.5. The highest BCUT2D eigenvalue weighted by molar-refractivity contribution is 5.90. The van der Waals surface area contributed by atoms with E-state index in [0.29, 0.717) is 6.42 Å². The summed E-state index contributed by atoms with van der Waals surface area (Å²) in [6.45, 7) is 2.01. The SMILES string of the molecule is CCCC(Cc1ccccc1)OC(=O)C=CC(=O)O. The standard InChI is InChI=1S/C15H18O4/c1-2-6-13(11-12-7-4-3-5-8-12)19-15(18)10-9-14(16)17/h3-5,7-10,13H,2,6,11H2,1H3,(H,16,17). The average molecular weight is 262 g/mol. The summed E-state index contributed by atoms with van der Waals surface area (Å²) in [5.74, 6) is -1.77. The van der Waals surface area contributed by atoms with Crippen molar-refractivity contribution in [2.45, 2.75) is 32.3 Å². The van der Waals surface area contributed by atoms with E-state index >= 15 is 0 Å². The minimum absolute atomic E-state index is 0.224. The van der Waals surface area contributed by atoms with Crippen LogP contribution in [-0.4, -0.2) is 23.1 Å². The number of hydrogen-bond donors (Lipinski definition) is 1. The number of rotatable bonds is 7. The van der Waals surface area contributed by atoms with Gasteiger partial charge >= 0.3 is 11.9 Å². The molecule has 0 fully saturated rings. The van der Waals surface area contributed by atoms with Crippen LogP contribution < -0.4 is 0 Å². The molecule has 0 aliphatic heterocycles. The number of carbonyl (C=O) groups excluding carboxylic acids is 1. The fourth-order valence-electron chi connectivity index (χ4n) is 1.74. The molecule has 0 aromatic heterocycles. The Morgan fingerprint density at radius 1 is 1.26 bits per heavy atom. The summed E-state index contributed by atoms with van der Waals surface area (Å²) in [6, 6.07) is 9.75. The number of benzene rings is 1. The second-order valence-electron chi connectivity index (χ2n) is 4.21. The van der Waals surface area contributed by atoms with Gasteiger partial charge in [-0.1, -0.05) is 43.7 Å². The van der Waals surface area contributed by atoms with Crippen molar-refractivity contribution in [2.75, 3.05) is 0 Å². The quantitative estimate of drug-likeness (QED) is 0.606. The van der Waals surface area contributed by atoms with E-state index in [0.717, 1.165) is 30.6 Å². The third-order valence-corrected chi connectivity index (χ3v) is 2.56. The van der Waals surface area contributed by atoms with Crippen LogP contribution in [0, 0.1) is 0 Å². The van der Waals surface area contributed by atoms with E-state index in [4.69, 9.17) is 9.84 Å². The number of ether oxygens (including phenoxy) is 1. The van der Waals surface area contributed by atoms with Gasteiger partial charge in [-0.25, -0.2) is 9.59 Å². The molecule has 1 N–H and O–H groups in total. The molecule has 0 aliphatic carbocycles. The molecule has 0 aliphatic rings. The minimum Gasteiger partial charge on any atom is -0.478 e. The van der Waals surface area contributed by atoms with Gasteiger partial charge in [0.15, 0.2) is 0 Å². The maximum atomic E-state index is 11.5. The molecule has 1 aromatic rings. The van der Waals surface area contributed by atoms with Gasteiger partial charge < -0.3 is 9.84 Å². The lowest BCUT2D eigenvalue weighted by molar-refractivity contribution is -0.143. The molecule has 1 atom stereocenters. The Bertz CT molecular complexity index is 437. The monoisotopic (exact) mass is 262 g/mol. The molecular formula is C15H18O4. The summed E-state index contributed by atoms with van der Waals surface area (Å²) < 4.78 is 5.26. The van der Waals surface area contributed by atoms with Crippen LogP contribution in [0.3, 0.4) is 0 Å². The zero-order valence-electron chi connectivity index (χ0n) is 10.9. The number of carboxylic acid groups (broad SMARTS) is 1. The topological polar surface area (TPSA) is 63.6 Å². The van der Waals surface area contributed by atoms with Crippen molar-refractivity contribution in [3.05, 3.63) is 48.0 Å². The van der Waals surface area contributed by atoms with Crippen LogP contribution in [-0.2, 0) is 20.7 Å². The first-order chi connectivity index (χ1) is 9.11. The first-order valence-electron chi connectivity index (χ1n) is 6.27. The summed E-state index contributed by atoms with van der Waals surface area (Å²) in [5.41, 5.74) is 1.09. The van der Waals surface area contributed by atoms with Gasteiger partial charge in [-0.15, -0.1) is 0 Å². The molecule has 1 unspecified atom stereocenters. The molecule has 0 heterocycles. The molecule has 0 amide bonds. The molecule has 0 saturated heterocycles. The van der Waals surface area contributed by atoms with E-state index in [9.17, 15) is 9.59 Å². The highest BCUT2D eigenvalue weighted by Gasteiger charge is 2.12. The van der Waals surface area contributed by atoms with Crippen LogP contribution >= 0.6 is 0 Å². The number of carbonyl (C=O) groups is 2. The molecule has 0 bridgehead atoms. The largest absolute Gasteiger partial charge is 0.478 e. The van der Waals surface area contributed by atoms with Crippen molar-refractivity contribution in [3.8, 4) is 0 Å². The van der Waals surface area contributed by atoms with Crippen LogP contribution in [0.2, 0.25) is 0 Å². The van der Waals surface area contributed by atoms with Crippen molar-refractivity contribution >= 4 is 11.9 Å². The average Bonchev–Trinajstić information content (AvgIpc) is 2.38. The second kappa shape index (κ2) is 8.08. The Kier molecular flexibility index (Phi) is 6.36. The van der Waals surface area contributed by atoms with Gasteiger partial charge in [0.05, 0.1) is 0 Å². The zero-order valence-corrected chi connectivity index (χ0v) is 10.9. The molecule has 4 heteroatoms. The Morgan fingerprint density at radius 2 is 1.95 bits per heavy atom. The van der Waals surface area contributed by atoms with Crippen molar-refractivity contribution in [1.29, 1.82) is 0 Å². The fourth-order valence-corrected chi connectivity index (χ4v) is 1.74. The molecule has 102 valence electrons. The summed E-state index contributed by atoms with van der Waals surface area (Å²) >= 11 is 0. The Balaban J connectivity index is 2.57. The molecule has 1 aromatic carbocycles. The first kappa shape index (κ1) is 15.0. The van der Waals surface area contributed by atoms with Gasteiger partial charge in [-0.3, -0.25) is 0 Å². The maximum Gasteiger partial charge on any atom is 0.331 e. The Morgan fingerprint density at radius 3 is 2.53 bits per heavy atom. The van der Waals surface area contributed by atoms with E-state index < -0.39 is 11.9 Å². The lowest BCUT2D eigenvalue weighted by Gasteiger charge is -2.16. The first-order valence-corrected chi connectivity index (χ1v) is 6.27. The van der Waals surface area contributed by atoms with Crippen LogP contribution in [0.5, 0.6) is 0 Å². The van der Waals surface area contributed by atoms with E-state index in [2.05, 4.69) is 0 Å². The fraction of sp³-hybridized carbons (Fsp3) is 0.333. The summed E-state index contributed by atoms with van der Waals surface area (Å²) in [4.78, 5) is 21.8. The third-order valence-electron chi connectivity index (χ3n) is 2.56. The molecule has 1 rings (SSSR count). The van der Waals surface area contributed by atoms with Crippen molar-refractivity contribution in [3.63, 3.8) is 0 Å². The number of aliphatic carboxylic acids is 1. The van der Waals surface area contributed by atoms with Crippen molar-refractivity contribution in [2.24, 2.45) is 0 Å². The van der Waals surface area contributed by atoms with Gasteiger partial charge in [-0.2, -0.15) is 0 Å². The number of esters is 1. The van der Waals surface area contributed by atoms with Gasteiger partial charge in [0.2, 0.25) is 0 Å². The van der Waals surface area contributed by atoms with E-state index in [1.165, 1.54) is 0 Å². The van der Waals surface area contributed by atoms with Crippen molar-refractivity contribution < 1.29 is 19.4 Å². The minimum atomic E-state index is -1.16. The van der Waals surface area contributed by atoms with Gasteiger partial charge in [0.1, 0.15) is 6.10 Å². The molecule has 0 radical (unpaired) electrons. The van der Waals surface area contributed by atoms with E-state index in [1.807, 2.05) is 37.3 Å². The summed E-state index contributed by atoms with van der Waals surface area (Å²) in [5, 5.41) is 8.44. The molecule has 19 heavy (non-hydrogen) atoms. The third kappa shape index (κ3) is 6.41. The smallest absolute Gasteiger partial charge is 0.331 e. The van der Waals surface area contributed by atoms with Crippen LogP contribution in [0.25, 0.3) is 0 Å². The lowest BCUT2D eigenvalue weighted by Crippen LogP contribution is -2.19. The highest BCUT2D eigenvalue weighted by Crippen LogP contribution is 2.11. The predicted octanol–water partition coefficient (Wildman–Crippen LogP) is 2.58. The highest BCUT2D eigenvalue weighted by atomic mass is 16.5. The molecule has 4 nitrogen and oxygen atoms in total. The van der Waals surface area contributed by atoms with Crippen LogP contribution in [0.4, 0.5) is 0 Å². The second-order valence-corrected chi connectivity index (χ2v) is 4.21. The molecule has 0 saturated carbocycles. The van der Waals surface area contributed by atoms with Crippen LogP contribution in [0.1, 0.15) is 25.3 Å². The lowest BCUT2D eigenvalue weighted by atomic mass is 10.0. The normalized spacial score (nSPS) is 12.3. The summed E-state index contributed by atoms with van der Waals surface area (Å²) in [6.07, 6.45) is 3.79. The zero-order chi connectivity index (χ0) is 14.1.